The average Bonchev–Trinajstić information content (AvgIpc) is 3.14. The van der Waals surface area contributed by atoms with Gasteiger partial charge in [0.25, 0.3) is 0 Å². The van der Waals surface area contributed by atoms with Gasteiger partial charge in [-0.2, -0.15) is 17.6 Å². The predicted molar refractivity (Wildman–Crippen MR) is 196 cm³/mol. The maximum atomic E-state index is 14.0. The van der Waals surface area contributed by atoms with E-state index in [1.807, 2.05) is 0 Å². The molecule has 0 N–H and O–H groups in total. The number of halogens is 7. The van der Waals surface area contributed by atoms with E-state index in [1.165, 1.54) is 102 Å². The predicted octanol–water partition coefficient (Wildman–Crippen LogP) is 14.8. The summed E-state index contributed by atoms with van der Waals surface area (Å²) < 4.78 is 99.0. The van der Waals surface area contributed by atoms with Crippen molar-refractivity contribution in [1.29, 1.82) is 0 Å². The normalized spacial score (nSPS) is 29.4. The summed E-state index contributed by atoms with van der Waals surface area (Å²) in [6, 6.07) is 6.79. The van der Waals surface area contributed by atoms with Crippen molar-refractivity contribution in [3.8, 4) is 11.5 Å². The molecule has 0 spiro atoms. The van der Waals surface area contributed by atoms with E-state index in [0.29, 0.717) is 17.4 Å². The lowest BCUT2D eigenvalue weighted by Gasteiger charge is -2.31. The highest BCUT2D eigenvalue weighted by molar-refractivity contribution is 5.34. The Kier molecular flexibility index (Phi) is 16.1. The highest BCUT2D eigenvalue weighted by atomic mass is 19.3. The number of rotatable bonds is 12. The maximum Gasteiger partial charge on any atom is 0.387 e. The van der Waals surface area contributed by atoms with Crippen LogP contribution in [-0.4, -0.2) is 13.2 Å². The van der Waals surface area contributed by atoms with Crippen molar-refractivity contribution >= 4 is 0 Å². The zero-order chi connectivity index (χ0) is 37.9. The molecule has 0 radical (unpaired) electrons. The second-order valence-electron chi connectivity index (χ2n) is 17.1. The first-order valence-electron chi connectivity index (χ1n) is 20.6. The first kappa shape index (κ1) is 41.7. The van der Waals surface area contributed by atoms with Crippen molar-refractivity contribution in [2.24, 2.45) is 35.5 Å². The second-order valence-corrected chi connectivity index (χ2v) is 17.1. The summed E-state index contributed by atoms with van der Waals surface area (Å²) in [6.45, 7) is -1.51. The minimum absolute atomic E-state index is 0.0985. The molecule has 0 unspecified atom stereocenters. The molecular formula is C44H61F7O2. The smallest absolute Gasteiger partial charge is 0.387 e. The lowest BCUT2D eigenvalue weighted by molar-refractivity contribution is -0.0548. The minimum Gasteiger partial charge on any atom is -0.432 e. The summed E-state index contributed by atoms with van der Waals surface area (Å²) >= 11 is 0. The number of hydrogen-bond donors (Lipinski definition) is 0. The van der Waals surface area contributed by atoms with Crippen molar-refractivity contribution in [2.75, 3.05) is 0 Å². The van der Waals surface area contributed by atoms with Gasteiger partial charge in [-0.1, -0.05) is 97.0 Å². The number of hydrogen-bond acceptors (Lipinski definition) is 2. The fourth-order valence-corrected chi connectivity index (χ4v) is 9.73. The van der Waals surface area contributed by atoms with Crippen LogP contribution >= 0.6 is 0 Å². The molecule has 6 rings (SSSR count). The standard InChI is InChI=1S/C22H30F4O.C22H31F3O/c1-14-2-4-15(5-3-14)6-7-16-8-10-17(11-9-16)18-12-19(23)21(20(24)13-18)27-22(25)26;1-15-2-4-16(5-3-15)6-7-17-8-10-18(11-9-17)19-12-13-21(20(23)14-19)26-22(24)25/h12-17,22H,2-11H2,1H3;12-18,22H,2-11H2,1H3. The quantitative estimate of drug-likeness (QED) is 0.201. The Hall–Kier alpha value is -2.45. The Bertz CT molecular complexity index is 1350. The van der Waals surface area contributed by atoms with Crippen molar-refractivity contribution in [2.45, 2.75) is 167 Å². The zero-order valence-corrected chi connectivity index (χ0v) is 31.8. The highest BCUT2D eigenvalue weighted by Gasteiger charge is 2.28. The molecule has 4 saturated carbocycles. The van der Waals surface area contributed by atoms with Crippen molar-refractivity contribution in [1.82, 2.24) is 0 Å². The van der Waals surface area contributed by atoms with E-state index in [1.54, 1.807) is 6.07 Å². The Labute approximate surface area is 313 Å². The van der Waals surface area contributed by atoms with Crippen LogP contribution in [0.3, 0.4) is 0 Å². The summed E-state index contributed by atoms with van der Waals surface area (Å²) in [5.41, 5.74) is 1.48. The van der Waals surface area contributed by atoms with E-state index in [0.717, 1.165) is 85.8 Å². The molecule has 2 nitrogen and oxygen atoms in total. The summed E-state index contributed by atoms with van der Waals surface area (Å²) in [6.07, 6.45) is 24.8. The van der Waals surface area contributed by atoms with Gasteiger partial charge in [0.05, 0.1) is 0 Å². The maximum absolute atomic E-state index is 14.0. The van der Waals surface area contributed by atoms with Crippen LogP contribution in [0.1, 0.15) is 165 Å². The van der Waals surface area contributed by atoms with Crippen molar-refractivity contribution in [3.05, 3.63) is 58.9 Å². The van der Waals surface area contributed by atoms with Crippen LogP contribution in [0.2, 0.25) is 0 Å². The summed E-state index contributed by atoms with van der Waals surface area (Å²) in [5, 5.41) is 0. The summed E-state index contributed by atoms with van der Waals surface area (Å²) in [5.74, 6) is 1.45. The Morgan fingerprint density at radius 2 is 0.830 bits per heavy atom. The monoisotopic (exact) mass is 754 g/mol. The number of ether oxygens (including phenoxy) is 2. The summed E-state index contributed by atoms with van der Waals surface area (Å²) in [7, 11) is 0. The van der Waals surface area contributed by atoms with E-state index in [2.05, 4.69) is 23.3 Å². The molecule has 0 aliphatic heterocycles. The number of benzene rings is 2. The SMILES string of the molecule is CC1CCC(CCC2CCC(c3cc(F)c(OC(F)F)c(F)c3)CC2)CC1.CC1CCC(CCC2CCC(c3ccc(OC(F)F)c(F)c3)CC2)CC1. The van der Waals surface area contributed by atoms with Gasteiger partial charge in [-0.3, -0.25) is 0 Å². The molecule has 0 atom stereocenters. The van der Waals surface area contributed by atoms with E-state index in [9.17, 15) is 30.7 Å². The Morgan fingerprint density at radius 1 is 0.472 bits per heavy atom. The van der Waals surface area contributed by atoms with Crippen molar-refractivity contribution < 1.29 is 40.2 Å². The van der Waals surface area contributed by atoms with Gasteiger partial charge in [-0.05, 0) is 134 Å². The highest BCUT2D eigenvalue weighted by Crippen LogP contribution is 2.42. The van der Waals surface area contributed by atoms with E-state index in [4.69, 9.17) is 0 Å². The van der Waals surface area contributed by atoms with E-state index >= 15 is 0 Å². The van der Waals surface area contributed by atoms with Crippen LogP contribution < -0.4 is 9.47 Å². The molecule has 4 aliphatic rings. The molecule has 2 aromatic carbocycles. The third kappa shape index (κ3) is 13.1. The van der Waals surface area contributed by atoms with Gasteiger partial charge >= 0.3 is 13.2 Å². The Morgan fingerprint density at radius 3 is 1.21 bits per heavy atom. The molecular weight excluding hydrogens is 693 g/mol. The molecule has 2 aromatic rings. The van der Waals surface area contributed by atoms with E-state index < -0.39 is 36.4 Å². The molecule has 0 saturated heterocycles. The van der Waals surface area contributed by atoms with E-state index in [-0.39, 0.29) is 11.7 Å². The lowest BCUT2D eigenvalue weighted by atomic mass is 9.74. The molecule has 4 aliphatic carbocycles. The third-order valence-electron chi connectivity index (χ3n) is 13.3. The van der Waals surface area contributed by atoms with Gasteiger partial charge in [-0.15, -0.1) is 0 Å². The van der Waals surface area contributed by atoms with Gasteiger partial charge in [0, 0.05) is 0 Å². The third-order valence-corrected chi connectivity index (χ3v) is 13.3. The van der Waals surface area contributed by atoms with Crippen molar-refractivity contribution in [3.63, 3.8) is 0 Å². The first-order chi connectivity index (χ1) is 25.4. The second kappa shape index (κ2) is 20.5. The molecule has 9 heteroatoms. The van der Waals surface area contributed by atoms with Crippen LogP contribution in [0.15, 0.2) is 30.3 Å². The van der Waals surface area contributed by atoms with Gasteiger partial charge in [0.15, 0.2) is 29.0 Å². The minimum atomic E-state index is -3.23. The van der Waals surface area contributed by atoms with Crippen LogP contribution in [0.5, 0.6) is 11.5 Å². The molecule has 0 bridgehead atoms. The summed E-state index contributed by atoms with van der Waals surface area (Å²) in [4.78, 5) is 0. The molecule has 0 amide bonds. The fourth-order valence-electron chi connectivity index (χ4n) is 9.73. The first-order valence-corrected chi connectivity index (χ1v) is 20.6. The number of alkyl halides is 4. The lowest BCUT2D eigenvalue weighted by Crippen LogP contribution is -2.17. The molecule has 298 valence electrons. The Balaban J connectivity index is 0.000000204. The molecule has 0 aromatic heterocycles. The van der Waals surface area contributed by atoms with Gasteiger partial charge < -0.3 is 9.47 Å². The topological polar surface area (TPSA) is 18.5 Å². The molecule has 53 heavy (non-hydrogen) atoms. The zero-order valence-electron chi connectivity index (χ0n) is 31.8. The molecule has 4 fully saturated rings. The largest absolute Gasteiger partial charge is 0.432 e. The van der Waals surface area contributed by atoms with Crippen LogP contribution in [0, 0.1) is 53.0 Å². The van der Waals surface area contributed by atoms with Crippen LogP contribution in [0.25, 0.3) is 0 Å². The van der Waals surface area contributed by atoms with Gasteiger partial charge in [-0.25, -0.2) is 13.2 Å². The van der Waals surface area contributed by atoms with Crippen LogP contribution in [0.4, 0.5) is 30.7 Å². The fraction of sp³-hybridized carbons (Fsp3) is 0.727. The van der Waals surface area contributed by atoms with Gasteiger partial charge in [0.1, 0.15) is 0 Å². The molecule has 0 heterocycles. The van der Waals surface area contributed by atoms with Crippen LogP contribution in [-0.2, 0) is 0 Å². The average molecular weight is 755 g/mol. The van der Waals surface area contributed by atoms with Gasteiger partial charge in [0.2, 0.25) is 0 Å².